The highest BCUT2D eigenvalue weighted by molar-refractivity contribution is 5.74. The van der Waals surface area contributed by atoms with E-state index in [-0.39, 0.29) is 17.6 Å². The van der Waals surface area contributed by atoms with E-state index in [0.29, 0.717) is 6.54 Å². The van der Waals surface area contributed by atoms with Gasteiger partial charge in [0, 0.05) is 43.6 Å². The van der Waals surface area contributed by atoms with Gasteiger partial charge in [-0.2, -0.15) is 5.10 Å². The molecular formula is C21H31N5O. The number of amides is 2. The van der Waals surface area contributed by atoms with E-state index in [9.17, 15) is 4.79 Å². The summed E-state index contributed by atoms with van der Waals surface area (Å²) < 4.78 is 1.89. The lowest BCUT2D eigenvalue weighted by Crippen LogP contribution is -2.52. The van der Waals surface area contributed by atoms with Gasteiger partial charge in [-0.05, 0) is 50.8 Å². The van der Waals surface area contributed by atoms with E-state index in [1.807, 2.05) is 29.1 Å². The molecule has 0 radical (unpaired) electrons. The van der Waals surface area contributed by atoms with Gasteiger partial charge < -0.3 is 10.6 Å². The Balaban J connectivity index is 1.43. The summed E-state index contributed by atoms with van der Waals surface area (Å²) in [5, 5.41) is 10.3. The molecule has 0 spiro atoms. The third kappa shape index (κ3) is 5.82. The first-order chi connectivity index (χ1) is 12.9. The van der Waals surface area contributed by atoms with E-state index in [0.717, 1.165) is 38.0 Å². The van der Waals surface area contributed by atoms with Crippen molar-refractivity contribution in [2.24, 2.45) is 0 Å². The summed E-state index contributed by atoms with van der Waals surface area (Å²) in [4.78, 5) is 14.7. The van der Waals surface area contributed by atoms with Gasteiger partial charge in [0.2, 0.25) is 0 Å². The molecule has 146 valence electrons. The zero-order chi connectivity index (χ0) is 19.3. The summed E-state index contributed by atoms with van der Waals surface area (Å²) in [6.07, 6.45) is 5.74. The number of carbonyl (C=O) groups excluding carboxylic acids is 1. The first-order valence-electron chi connectivity index (χ1n) is 9.75. The van der Waals surface area contributed by atoms with Crippen molar-refractivity contribution in [1.82, 2.24) is 25.3 Å². The number of hydrogen-bond acceptors (Lipinski definition) is 3. The highest BCUT2D eigenvalue weighted by atomic mass is 16.2. The predicted molar refractivity (Wildman–Crippen MR) is 107 cm³/mol. The van der Waals surface area contributed by atoms with Crippen LogP contribution < -0.4 is 10.6 Å². The fourth-order valence-electron chi connectivity index (χ4n) is 3.53. The molecule has 27 heavy (non-hydrogen) atoms. The first kappa shape index (κ1) is 19.4. The molecule has 0 aliphatic carbocycles. The van der Waals surface area contributed by atoms with Crippen molar-refractivity contribution in [3.05, 3.63) is 53.9 Å². The average Bonchev–Trinajstić information content (AvgIpc) is 3.13. The molecular weight excluding hydrogens is 338 g/mol. The van der Waals surface area contributed by atoms with Gasteiger partial charge in [0.25, 0.3) is 0 Å². The third-order valence-electron chi connectivity index (χ3n) is 5.13. The molecule has 1 aromatic heterocycles. The molecule has 6 heteroatoms. The topological polar surface area (TPSA) is 62.2 Å². The first-order valence-corrected chi connectivity index (χ1v) is 9.75. The van der Waals surface area contributed by atoms with Gasteiger partial charge in [-0.1, -0.05) is 24.3 Å². The molecule has 1 aliphatic rings. The number of urea groups is 1. The lowest BCUT2D eigenvalue weighted by molar-refractivity contribution is 0.0978. The molecule has 2 heterocycles. The van der Waals surface area contributed by atoms with Crippen molar-refractivity contribution in [3.63, 3.8) is 0 Å². The minimum Gasteiger partial charge on any atom is -0.335 e. The molecule has 0 atom stereocenters. The Morgan fingerprint density at radius 2 is 1.93 bits per heavy atom. The van der Waals surface area contributed by atoms with Crippen molar-refractivity contribution in [1.29, 1.82) is 0 Å². The second kappa shape index (κ2) is 8.57. The van der Waals surface area contributed by atoms with Crippen molar-refractivity contribution < 1.29 is 4.79 Å². The molecule has 2 aromatic rings. The fourth-order valence-corrected chi connectivity index (χ4v) is 3.53. The number of aromatic nitrogens is 2. The maximum atomic E-state index is 12.3. The Morgan fingerprint density at radius 3 is 2.59 bits per heavy atom. The number of nitrogens with one attached hydrogen (secondary N) is 2. The highest BCUT2D eigenvalue weighted by Crippen LogP contribution is 2.20. The summed E-state index contributed by atoms with van der Waals surface area (Å²) in [6.45, 7) is 10.1. The third-order valence-corrected chi connectivity index (χ3v) is 5.13. The molecule has 1 saturated heterocycles. The number of benzene rings is 1. The van der Waals surface area contributed by atoms with Gasteiger partial charge in [-0.25, -0.2) is 4.79 Å². The standard InChI is InChI=1S/C21H31N5O/c1-21(2,3)25-12-8-19(9-13-25)24-20(27)22-15-17-6-4-7-18(14-17)16-26-11-5-10-23-26/h4-7,10-11,14,19H,8-9,12-13,15-16H2,1-3H3,(H2,22,24,27). The van der Waals surface area contributed by atoms with Crippen molar-refractivity contribution in [3.8, 4) is 0 Å². The molecule has 0 unspecified atom stereocenters. The smallest absolute Gasteiger partial charge is 0.315 e. The number of nitrogens with zero attached hydrogens (tertiary/aromatic N) is 3. The SMILES string of the molecule is CC(C)(C)N1CCC(NC(=O)NCc2cccc(Cn3cccn3)c2)CC1. The summed E-state index contributed by atoms with van der Waals surface area (Å²) in [7, 11) is 0. The summed E-state index contributed by atoms with van der Waals surface area (Å²) >= 11 is 0. The largest absolute Gasteiger partial charge is 0.335 e. The molecule has 2 amide bonds. The Kier molecular flexibility index (Phi) is 6.16. The number of carbonyl (C=O) groups is 1. The van der Waals surface area contributed by atoms with Crippen LogP contribution in [0.15, 0.2) is 42.7 Å². The monoisotopic (exact) mass is 369 g/mol. The summed E-state index contributed by atoms with van der Waals surface area (Å²) in [5.41, 5.74) is 2.47. The van der Waals surface area contributed by atoms with Gasteiger partial charge in [0.15, 0.2) is 0 Å². The molecule has 1 fully saturated rings. The Morgan fingerprint density at radius 1 is 1.19 bits per heavy atom. The quantitative estimate of drug-likeness (QED) is 0.852. The Hall–Kier alpha value is -2.34. The summed E-state index contributed by atoms with van der Waals surface area (Å²) in [5.74, 6) is 0. The number of hydrogen-bond donors (Lipinski definition) is 2. The van der Waals surface area contributed by atoms with Crippen molar-refractivity contribution in [2.75, 3.05) is 13.1 Å². The number of likely N-dealkylation sites (tertiary alicyclic amines) is 1. The molecule has 6 nitrogen and oxygen atoms in total. The van der Waals surface area contributed by atoms with Crippen LogP contribution in [0.25, 0.3) is 0 Å². The molecule has 1 aliphatic heterocycles. The van der Waals surface area contributed by atoms with Crippen LogP contribution in [-0.2, 0) is 13.1 Å². The van der Waals surface area contributed by atoms with Gasteiger partial charge in [-0.15, -0.1) is 0 Å². The van der Waals surface area contributed by atoms with Crippen molar-refractivity contribution >= 4 is 6.03 Å². The Bertz CT molecular complexity index is 727. The van der Waals surface area contributed by atoms with E-state index >= 15 is 0 Å². The minimum atomic E-state index is -0.0818. The van der Waals surface area contributed by atoms with Crippen molar-refractivity contribution in [2.45, 2.75) is 58.3 Å². The maximum absolute atomic E-state index is 12.3. The van der Waals surface area contributed by atoms with Crippen LogP contribution in [0.4, 0.5) is 4.79 Å². The second-order valence-electron chi connectivity index (χ2n) is 8.28. The summed E-state index contributed by atoms with van der Waals surface area (Å²) in [6, 6.07) is 10.3. The second-order valence-corrected chi connectivity index (χ2v) is 8.28. The minimum absolute atomic E-state index is 0.0818. The van der Waals surface area contributed by atoms with Crippen LogP contribution in [0.3, 0.4) is 0 Å². The normalized spacial score (nSPS) is 16.3. The maximum Gasteiger partial charge on any atom is 0.315 e. The van der Waals surface area contributed by atoms with E-state index in [2.05, 4.69) is 53.5 Å². The lowest BCUT2D eigenvalue weighted by atomic mass is 9.98. The van der Waals surface area contributed by atoms with E-state index in [1.165, 1.54) is 5.56 Å². The molecule has 3 rings (SSSR count). The zero-order valence-corrected chi connectivity index (χ0v) is 16.6. The zero-order valence-electron chi connectivity index (χ0n) is 16.6. The van der Waals surface area contributed by atoms with E-state index in [4.69, 9.17) is 0 Å². The van der Waals surface area contributed by atoms with Gasteiger partial charge in [-0.3, -0.25) is 9.58 Å². The fraction of sp³-hybridized carbons (Fsp3) is 0.524. The van der Waals surface area contributed by atoms with Crippen LogP contribution in [0.5, 0.6) is 0 Å². The van der Waals surface area contributed by atoms with Gasteiger partial charge in [0.1, 0.15) is 0 Å². The van der Waals surface area contributed by atoms with E-state index < -0.39 is 0 Å². The van der Waals surface area contributed by atoms with Crippen LogP contribution in [0.2, 0.25) is 0 Å². The van der Waals surface area contributed by atoms with Gasteiger partial charge in [0.05, 0.1) is 6.54 Å². The molecule has 0 saturated carbocycles. The lowest BCUT2D eigenvalue weighted by Gasteiger charge is -2.41. The number of rotatable bonds is 5. The number of piperidine rings is 1. The van der Waals surface area contributed by atoms with Gasteiger partial charge >= 0.3 is 6.03 Å². The van der Waals surface area contributed by atoms with E-state index in [1.54, 1.807) is 6.20 Å². The molecule has 0 bridgehead atoms. The van der Waals surface area contributed by atoms with Crippen LogP contribution >= 0.6 is 0 Å². The molecule has 1 aromatic carbocycles. The highest BCUT2D eigenvalue weighted by Gasteiger charge is 2.27. The van der Waals surface area contributed by atoms with Crippen LogP contribution in [0.1, 0.15) is 44.7 Å². The Labute approximate surface area is 161 Å². The predicted octanol–water partition coefficient (Wildman–Crippen LogP) is 2.99. The van der Waals surface area contributed by atoms with Crippen LogP contribution in [0, 0.1) is 0 Å². The van der Waals surface area contributed by atoms with Crippen LogP contribution in [-0.4, -0.2) is 45.4 Å². The molecule has 2 N–H and O–H groups in total. The average molecular weight is 370 g/mol.